The molecule has 144 valence electrons. The van der Waals surface area contributed by atoms with Gasteiger partial charge in [-0.3, -0.25) is 4.40 Å². The SMILES string of the molecule is FC(F)(F)c1cccc(CSc2nc3ccccc3c3nc4ccccc4n23)c1. The molecule has 0 amide bonds. The Morgan fingerprint density at radius 1 is 0.828 bits per heavy atom. The molecule has 0 saturated carbocycles. The summed E-state index contributed by atoms with van der Waals surface area (Å²) in [5.74, 6) is 0.372. The third kappa shape index (κ3) is 3.21. The van der Waals surface area contributed by atoms with E-state index in [-0.39, 0.29) is 0 Å². The minimum Gasteiger partial charge on any atom is -0.271 e. The van der Waals surface area contributed by atoms with Gasteiger partial charge in [-0.1, -0.05) is 54.2 Å². The van der Waals surface area contributed by atoms with Crippen molar-refractivity contribution in [3.63, 3.8) is 0 Å². The fraction of sp³-hybridized carbons (Fsp3) is 0.0909. The van der Waals surface area contributed by atoms with Gasteiger partial charge in [0.25, 0.3) is 0 Å². The number of fused-ring (bicyclic) bond motifs is 5. The van der Waals surface area contributed by atoms with Gasteiger partial charge in [0.05, 0.1) is 22.1 Å². The summed E-state index contributed by atoms with van der Waals surface area (Å²) in [6, 6.07) is 21.0. The van der Waals surface area contributed by atoms with Crippen molar-refractivity contribution in [2.45, 2.75) is 17.1 Å². The van der Waals surface area contributed by atoms with Gasteiger partial charge < -0.3 is 0 Å². The van der Waals surface area contributed by atoms with Crippen molar-refractivity contribution < 1.29 is 13.2 Å². The predicted octanol–water partition coefficient (Wildman–Crippen LogP) is 6.35. The molecule has 0 radical (unpaired) electrons. The number of rotatable bonds is 3. The summed E-state index contributed by atoms with van der Waals surface area (Å²) >= 11 is 1.40. The lowest BCUT2D eigenvalue weighted by molar-refractivity contribution is -0.137. The summed E-state index contributed by atoms with van der Waals surface area (Å²) in [6.07, 6.45) is -4.35. The van der Waals surface area contributed by atoms with Gasteiger partial charge in [0.1, 0.15) is 5.65 Å². The van der Waals surface area contributed by atoms with Crippen LogP contribution in [0.15, 0.2) is 78.0 Å². The van der Waals surface area contributed by atoms with Crippen LogP contribution in [0, 0.1) is 0 Å². The van der Waals surface area contributed by atoms with Crippen LogP contribution in [-0.4, -0.2) is 14.4 Å². The van der Waals surface area contributed by atoms with Crippen LogP contribution in [-0.2, 0) is 11.9 Å². The zero-order chi connectivity index (χ0) is 20.0. The highest BCUT2D eigenvalue weighted by molar-refractivity contribution is 7.98. The smallest absolute Gasteiger partial charge is 0.271 e. The number of alkyl halides is 3. The molecule has 2 heterocycles. The van der Waals surface area contributed by atoms with Crippen molar-refractivity contribution >= 4 is 39.3 Å². The van der Waals surface area contributed by atoms with Gasteiger partial charge in [0.15, 0.2) is 5.16 Å². The van der Waals surface area contributed by atoms with Gasteiger partial charge in [-0.05, 0) is 35.9 Å². The van der Waals surface area contributed by atoms with Crippen LogP contribution in [0.4, 0.5) is 13.2 Å². The van der Waals surface area contributed by atoms with Crippen LogP contribution in [0.25, 0.3) is 27.6 Å². The molecule has 0 fully saturated rings. The Labute approximate surface area is 168 Å². The van der Waals surface area contributed by atoms with Gasteiger partial charge >= 0.3 is 6.18 Å². The molecular weight excluding hydrogens is 395 g/mol. The van der Waals surface area contributed by atoms with Crippen molar-refractivity contribution in [1.29, 1.82) is 0 Å². The maximum Gasteiger partial charge on any atom is 0.416 e. The lowest BCUT2D eigenvalue weighted by Gasteiger charge is -2.10. The first-order valence-corrected chi connectivity index (χ1v) is 9.94. The normalized spacial score (nSPS) is 12.2. The average Bonchev–Trinajstić information content (AvgIpc) is 3.12. The minimum absolute atomic E-state index is 0.372. The fourth-order valence-electron chi connectivity index (χ4n) is 3.40. The Morgan fingerprint density at radius 2 is 1.59 bits per heavy atom. The van der Waals surface area contributed by atoms with Crippen molar-refractivity contribution in [3.8, 4) is 0 Å². The quantitative estimate of drug-likeness (QED) is 0.257. The first-order valence-electron chi connectivity index (χ1n) is 8.95. The van der Waals surface area contributed by atoms with E-state index >= 15 is 0 Å². The molecule has 0 spiro atoms. The Hall–Kier alpha value is -3.06. The molecule has 0 aliphatic carbocycles. The number of nitrogens with zero attached hydrogens (tertiary/aromatic N) is 3. The number of imidazole rings is 1. The van der Waals surface area contributed by atoms with Crippen molar-refractivity contribution in [3.05, 3.63) is 83.9 Å². The van der Waals surface area contributed by atoms with Crippen molar-refractivity contribution in [2.75, 3.05) is 0 Å². The van der Waals surface area contributed by atoms with Crippen LogP contribution < -0.4 is 0 Å². The van der Waals surface area contributed by atoms with E-state index in [1.54, 1.807) is 6.07 Å². The maximum absolute atomic E-state index is 13.0. The van der Waals surface area contributed by atoms with Gasteiger partial charge in [0.2, 0.25) is 0 Å². The Balaban J connectivity index is 1.62. The molecule has 0 atom stereocenters. The lowest BCUT2D eigenvalue weighted by atomic mass is 10.1. The minimum atomic E-state index is -4.35. The maximum atomic E-state index is 13.0. The van der Waals surface area contributed by atoms with Gasteiger partial charge in [-0.15, -0.1) is 0 Å². The van der Waals surface area contributed by atoms with E-state index < -0.39 is 11.7 Å². The number of halogens is 3. The lowest BCUT2D eigenvalue weighted by Crippen LogP contribution is -2.05. The molecule has 0 aliphatic heterocycles. The third-order valence-corrected chi connectivity index (χ3v) is 5.75. The Morgan fingerprint density at radius 3 is 2.41 bits per heavy atom. The number of hydrogen-bond acceptors (Lipinski definition) is 3. The largest absolute Gasteiger partial charge is 0.416 e. The van der Waals surface area contributed by atoms with E-state index in [0.29, 0.717) is 16.5 Å². The average molecular weight is 409 g/mol. The van der Waals surface area contributed by atoms with Crippen molar-refractivity contribution in [1.82, 2.24) is 14.4 Å². The number of benzene rings is 3. The molecule has 0 unspecified atom stereocenters. The molecule has 0 saturated heterocycles. The molecule has 3 nitrogen and oxygen atoms in total. The van der Waals surface area contributed by atoms with Gasteiger partial charge in [-0.2, -0.15) is 13.2 Å². The molecule has 7 heteroatoms. The second-order valence-electron chi connectivity index (χ2n) is 6.66. The second-order valence-corrected chi connectivity index (χ2v) is 7.60. The van der Waals surface area contributed by atoms with Crippen LogP contribution in [0.5, 0.6) is 0 Å². The van der Waals surface area contributed by atoms with E-state index in [2.05, 4.69) is 0 Å². The second kappa shape index (κ2) is 6.77. The molecule has 29 heavy (non-hydrogen) atoms. The Bertz CT molecular complexity index is 1360. The van der Waals surface area contributed by atoms with E-state index in [1.807, 2.05) is 52.9 Å². The monoisotopic (exact) mass is 409 g/mol. The van der Waals surface area contributed by atoms with E-state index in [1.165, 1.54) is 23.9 Å². The van der Waals surface area contributed by atoms with Crippen LogP contribution in [0.3, 0.4) is 0 Å². The highest BCUT2D eigenvalue weighted by Crippen LogP contribution is 2.33. The first kappa shape index (κ1) is 18.0. The standard InChI is InChI=1S/C22H14F3N3S/c23-22(24,25)15-7-5-6-14(12-15)13-29-21-27-17-9-2-1-8-16(17)20-26-18-10-3-4-11-19(18)28(20)21/h1-12H,13H2. The van der Waals surface area contributed by atoms with Crippen LogP contribution >= 0.6 is 11.8 Å². The summed E-state index contributed by atoms with van der Waals surface area (Å²) in [6.45, 7) is 0. The summed E-state index contributed by atoms with van der Waals surface area (Å²) < 4.78 is 41.0. The molecule has 2 aromatic heterocycles. The van der Waals surface area contributed by atoms with Gasteiger partial charge in [-0.25, -0.2) is 9.97 Å². The number of hydrogen-bond donors (Lipinski definition) is 0. The highest BCUT2D eigenvalue weighted by Gasteiger charge is 2.30. The molecule has 0 bridgehead atoms. The summed E-state index contributed by atoms with van der Waals surface area (Å²) in [5.41, 5.74) is 3.33. The zero-order valence-electron chi connectivity index (χ0n) is 15.0. The topological polar surface area (TPSA) is 30.2 Å². The Kier molecular flexibility index (Phi) is 4.20. The summed E-state index contributed by atoms with van der Waals surface area (Å²) in [5, 5.41) is 1.64. The highest BCUT2D eigenvalue weighted by atomic mass is 32.2. The molecule has 3 aromatic carbocycles. The van der Waals surface area contributed by atoms with E-state index in [4.69, 9.17) is 9.97 Å². The van der Waals surface area contributed by atoms with Crippen LogP contribution in [0.1, 0.15) is 11.1 Å². The van der Waals surface area contributed by atoms with Crippen LogP contribution in [0.2, 0.25) is 0 Å². The third-order valence-electron chi connectivity index (χ3n) is 4.74. The predicted molar refractivity (Wildman–Crippen MR) is 109 cm³/mol. The van der Waals surface area contributed by atoms with Crippen molar-refractivity contribution in [2.24, 2.45) is 0 Å². The van der Waals surface area contributed by atoms with Gasteiger partial charge in [0, 0.05) is 11.1 Å². The molecule has 0 aliphatic rings. The molecule has 0 N–H and O–H groups in total. The fourth-order valence-corrected chi connectivity index (χ4v) is 4.35. The zero-order valence-corrected chi connectivity index (χ0v) is 15.8. The summed E-state index contributed by atoms with van der Waals surface area (Å²) in [7, 11) is 0. The first-order chi connectivity index (χ1) is 14.0. The molecular formula is C22H14F3N3S. The number of para-hydroxylation sites is 3. The molecule has 5 rings (SSSR count). The van der Waals surface area contributed by atoms with E-state index in [9.17, 15) is 13.2 Å². The molecule has 5 aromatic rings. The van der Waals surface area contributed by atoms with E-state index in [0.717, 1.165) is 33.6 Å². The summed E-state index contributed by atoms with van der Waals surface area (Å²) in [4.78, 5) is 9.54. The number of aromatic nitrogens is 3. The number of thioether (sulfide) groups is 1.